The summed E-state index contributed by atoms with van der Waals surface area (Å²) in [6, 6.07) is 12.1. The number of methoxy groups -OCH3 is 1. The molecule has 0 spiro atoms. The van der Waals surface area contributed by atoms with Gasteiger partial charge in [-0.1, -0.05) is 36.4 Å². The lowest BCUT2D eigenvalue weighted by molar-refractivity contribution is -0.141. The van der Waals surface area contributed by atoms with Crippen LogP contribution in [0.3, 0.4) is 0 Å². The summed E-state index contributed by atoms with van der Waals surface area (Å²) >= 11 is 0. The van der Waals surface area contributed by atoms with Crippen LogP contribution in [0, 0.1) is 0 Å². The number of aromatic nitrogens is 1. The van der Waals surface area contributed by atoms with Crippen molar-refractivity contribution >= 4 is 11.9 Å². The summed E-state index contributed by atoms with van der Waals surface area (Å²) < 4.78 is 4.84. The number of benzene rings is 1. The van der Waals surface area contributed by atoms with Crippen LogP contribution in [0.2, 0.25) is 0 Å². The number of carbonyl (C=O) groups excluding carboxylic acids is 2. The van der Waals surface area contributed by atoms with Crippen LogP contribution in [0.4, 0.5) is 0 Å². The highest BCUT2D eigenvalue weighted by atomic mass is 16.5. The lowest BCUT2D eigenvalue weighted by atomic mass is 9.99. The Balaban J connectivity index is 2.34. The fourth-order valence-corrected chi connectivity index (χ4v) is 2.72. The van der Waals surface area contributed by atoms with E-state index in [9.17, 15) is 9.59 Å². The Kier molecular flexibility index (Phi) is 7.07. The van der Waals surface area contributed by atoms with E-state index in [1.807, 2.05) is 57.2 Å². The summed E-state index contributed by atoms with van der Waals surface area (Å²) in [5.74, 6) is -0.529. The molecule has 0 saturated heterocycles. The molecule has 1 aromatic carbocycles. The Labute approximate surface area is 160 Å². The Hall–Kier alpha value is -2.73. The molecule has 0 bridgehead atoms. The Morgan fingerprint density at radius 3 is 2.30 bits per heavy atom. The van der Waals surface area contributed by atoms with Gasteiger partial charge in [-0.15, -0.1) is 0 Å². The molecule has 0 fully saturated rings. The van der Waals surface area contributed by atoms with E-state index in [0.29, 0.717) is 0 Å². The third-order valence-corrected chi connectivity index (χ3v) is 3.95. The Morgan fingerprint density at radius 1 is 1.07 bits per heavy atom. The molecule has 0 aliphatic heterocycles. The van der Waals surface area contributed by atoms with Gasteiger partial charge in [0.25, 0.3) is 0 Å². The average Bonchev–Trinajstić information content (AvgIpc) is 2.64. The van der Waals surface area contributed by atoms with Gasteiger partial charge in [0.1, 0.15) is 6.04 Å². The Bertz CT molecular complexity index is 742. The van der Waals surface area contributed by atoms with Crippen molar-refractivity contribution in [1.29, 1.82) is 0 Å². The molecule has 2 atom stereocenters. The minimum Gasteiger partial charge on any atom is -0.469 e. The number of nitrogens with one attached hydrogen (secondary N) is 2. The molecule has 1 heterocycles. The number of esters is 1. The summed E-state index contributed by atoms with van der Waals surface area (Å²) in [5, 5.41) is 6.32. The van der Waals surface area contributed by atoms with Gasteiger partial charge >= 0.3 is 5.97 Å². The normalized spacial score (nSPS) is 13.5. The Morgan fingerprint density at radius 2 is 1.74 bits per heavy atom. The number of nitrogens with zero attached hydrogens (tertiary/aromatic N) is 1. The molecule has 6 heteroatoms. The molecule has 2 N–H and O–H groups in total. The molecule has 0 radical (unpaired) electrons. The maximum Gasteiger partial charge on any atom is 0.307 e. The van der Waals surface area contributed by atoms with E-state index in [1.165, 1.54) is 7.11 Å². The molecule has 6 nitrogen and oxygen atoms in total. The summed E-state index contributed by atoms with van der Waals surface area (Å²) in [6.07, 6.45) is 3.42. The summed E-state index contributed by atoms with van der Waals surface area (Å²) in [7, 11) is 1.36. The van der Waals surface area contributed by atoms with Gasteiger partial charge in [0.15, 0.2) is 0 Å². The van der Waals surface area contributed by atoms with E-state index < -0.39 is 6.04 Å². The average molecular weight is 369 g/mol. The highest BCUT2D eigenvalue weighted by molar-refractivity contribution is 5.84. The van der Waals surface area contributed by atoms with E-state index >= 15 is 0 Å². The first-order chi connectivity index (χ1) is 12.8. The SMILES string of the molecule is COC(=O)C[C@@H](NC(C(=O)NC(C)(C)C)c1cccnc1)c1ccccc1. The second kappa shape index (κ2) is 9.28. The van der Waals surface area contributed by atoms with Crippen LogP contribution in [0.15, 0.2) is 54.9 Å². The van der Waals surface area contributed by atoms with Crippen LogP contribution in [0.25, 0.3) is 0 Å². The standard InChI is InChI=1S/C21H27N3O3/c1-21(2,3)24-20(26)19(16-11-8-12-22-14-16)23-17(13-18(25)27-4)15-9-6-5-7-10-15/h5-12,14,17,19,23H,13H2,1-4H3,(H,24,26)/t17-,19?/m1/s1. The quantitative estimate of drug-likeness (QED) is 0.734. The minimum atomic E-state index is -0.659. The van der Waals surface area contributed by atoms with E-state index in [2.05, 4.69) is 15.6 Å². The third kappa shape index (κ3) is 6.49. The molecule has 27 heavy (non-hydrogen) atoms. The number of hydrogen-bond acceptors (Lipinski definition) is 5. The lowest BCUT2D eigenvalue weighted by Crippen LogP contribution is -2.47. The first-order valence-electron chi connectivity index (χ1n) is 8.90. The lowest BCUT2D eigenvalue weighted by Gasteiger charge is -2.29. The predicted molar refractivity (Wildman–Crippen MR) is 104 cm³/mol. The van der Waals surface area contributed by atoms with Crippen molar-refractivity contribution in [3.05, 3.63) is 66.0 Å². The van der Waals surface area contributed by atoms with Crippen molar-refractivity contribution in [2.75, 3.05) is 7.11 Å². The first kappa shape index (κ1) is 20.6. The van der Waals surface area contributed by atoms with Crippen LogP contribution < -0.4 is 10.6 Å². The first-order valence-corrected chi connectivity index (χ1v) is 8.90. The maximum absolute atomic E-state index is 13.0. The molecule has 1 aromatic heterocycles. The largest absolute Gasteiger partial charge is 0.469 e. The molecule has 144 valence electrons. The van der Waals surface area contributed by atoms with Crippen LogP contribution in [-0.4, -0.2) is 29.5 Å². The van der Waals surface area contributed by atoms with Crippen LogP contribution in [0.5, 0.6) is 0 Å². The molecule has 1 unspecified atom stereocenters. The number of carbonyl (C=O) groups is 2. The van der Waals surface area contributed by atoms with Crippen molar-refractivity contribution in [2.24, 2.45) is 0 Å². The van der Waals surface area contributed by atoms with Crippen LogP contribution >= 0.6 is 0 Å². The summed E-state index contributed by atoms with van der Waals surface area (Å²) in [5.41, 5.74) is 1.24. The smallest absolute Gasteiger partial charge is 0.307 e. The maximum atomic E-state index is 13.0. The molecular formula is C21H27N3O3. The topological polar surface area (TPSA) is 80.3 Å². The molecule has 1 amide bonds. The van der Waals surface area contributed by atoms with Gasteiger partial charge in [-0.25, -0.2) is 0 Å². The van der Waals surface area contributed by atoms with Crippen molar-refractivity contribution in [3.63, 3.8) is 0 Å². The van der Waals surface area contributed by atoms with Crippen molar-refractivity contribution in [1.82, 2.24) is 15.6 Å². The zero-order valence-corrected chi connectivity index (χ0v) is 16.2. The number of ether oxygens (including phenoxy) is 1. The molecule has 0 aliphatic carbocycles. The fourth-order valence-electron chi connectivity index (χ4n) is 2.72. The van der Waals surface area contributed by atoms with E-state index in [1.54, 1.807) is 18.5 Å². The van der Waals surface area contributed by atoms with Gasteiger partial charge in [0.2, 0.25) is 5.91 Å². The monoisotopic (exact) mass is 369 g/mol. The highest BCUT2D eigenvalue weighted by Gasteiger charge is 2.28. The zero-order valence-electron chi connectivity index (χ0n) is 16.2. The van der Waals surface area contributed by atoms with Gasteiger partial charge in [-0.2, -0.15) is 0 Å². The second-order valence-electron chi connectivity index (χ2n) is 7.37. The molecule has 0 aliphatic rings. The molecule has 2 aromatic rings. The fraction of sp³-hybridized carbons (Fsp3) is 0.381. The number of pyridine rings is 1. The van der Waals surface area contributed by atoms with Gasteiger partial charge in [-0.05, 0) is 38.0 Å². The summed E-state index contributed by atoms with van der Waals surface area (Å²) in [6.45, 7) is 5.77. The van der Waals surface area contributed by atoms with Crippen molar-refractivity contribution < 1.29 is 14.3 Å². The van der Waals surface area contributed by atoms with E-state index in [4.69, 9.17) is 4.74 Å². The number of hydrogen-bond donors (Lipinski definition) is 2. The zero-order chi connectivity index (χ0) is 19.9. The number of amides is 1. The van der Waals surface area contributed by atoms with E-state index in [-0.39, 0.29) is 29.9 Å². The minimum absolute atomic E-state index is 0.111. The highest BCUT2D eigenvalue weighted by Crippen LogP contribution is 2.23. The molecular weight excluding hydrogens is 342 g/mol. The second-order valence-corrected chi connectivity index (χ2v) is 7.37. The van der Waals surface area contributed by atoms with Crippen molar-refractivity contribution in [2.45, 2.75) is 44.8 Å². The summed E-state index contributed by atoms with van der Waals surface area (Å²) in [4.78, 5) is 29.0. The van der Waals surface area contributed by atoms with Gasteiger partial charge in [0.05, 0.1) is 13.5 Å². The van der Waals surface area contributed by atoms with Crippen LogP contribution in [-0.2, 0) is 14.3 Å². The molecule has 2 rings (SSSR count). The predicted octanol–water partition coefficient (Wildman–Crippen LogP) is 2.93. The third-order valence-electron chi connectivity index (χ3n) is 3.95. The van der Waals surface area contributed by atoms with E-state index in [0.717, 1.165) is 11.1 Å². The van der Waals surface area contributed by atoms with Crippen LogP contribution in [0.1, 0.15) is 50.4 Å². The van der Waals surface area contributed by atoms with Gasteiger partial charge in [-0.3, -0.25) is 19.9 Å². The number of rotatable bonds is 7. The molecule has 0 saturated carbocycles. The van der Waals surface area contributed by atoms with Gasteiger partial charge < -0.3 is 10.1 Å². The van der Waals surface area contributed by atoms with Crippen molar-refractivity contribution in [3.8, 4) is 0 Å². The van der Waals surface area contributed by atoms with Gasteiger partial charge in [0, 0.05) is 24.0 Å².